The molecule has 2 aromatic rings. The Bertz CT molecular complexity index is 580. The fourth-order valence-electron chi connectivity index (χ4n) is 1.98. The number of hydrogen-bond acceptors (Lipinski definition) is 3. The number of phenols is 1. The number of anilines is 1. The van der Waals surface area contributed by atoms with Crippen molar-refractivity contribution in [2.24, 2.45) is 7.05 Å². The first-order valence-corrected chi connectivity index (χ1v) is 6.48. The number of aryl methyl sites for hydroxylation is 1. The molecule has 0 aliphatic carbocycles. The van der Waals surface area contributed by atoms with E-state index < -0.39 is 0 Å². The highest BCUT2D eigenvalue weighted by Gasteiger charge is 2.20. The van der Waals surface area contributed by atoms with E-state index in [4.69, 9.17) is 5.73 Å². The van der Waals surface area contributed by atoms with Crippen LogP contribution in [0.15, 0.2) is 24.3 Å². The van der Waals surface area contributed by atoms with Gasteiger partial charge in [0.25, 0.3) is 0 Å². The normalized spacial score (nSPS) is 11.8. The molecule has 0 aliphatic rings. The zero-order valence-corrected chi connectivity index (χ0v) is 11.9. The molecule has 1 aromatic carbocycles. The van der Waals surface area contributed by atoms with Gasteiger partial charge in [0.2, 0.25) is 0 Å². The number of nitrogens with zero attached hydrogens (tertiary/aromatic N) is 2. The largest absolute Gasteiger partial charge is 0.507 e. The summed E-state index contributed by atoms with van der Waals surface area (Å²) < 4.78 is 1.60. The molecule has 0 spiro atoms. The number of aromatic hydroxyl groups is 1. The molecule has 2 rings (SSSR count). The second kappa shape index (κ2) is 4.61. The molecule has 0 unspecified atom stereocenters. The topological polar surface area (TPSA) is 64.1 Å². The molecule has 3 N–H and O–H groups in total. The molecule has 0 fully saturated rings. The Hall–Kier alpha value is -1.97. The fourth-order valence-corrected chi connectivity index (χ4v) is 1.98. The molecule has 1 heterocycles. The van der Waals surface area contributed by atoms with Crippen LogP contribution in [-0.2, 0) is 12.5 Å². The van der Waals surface area contributed by atoms with Gasteiger partial charge in [-0.2, -0.15) is 5.10 Å². The molecule has 0 saturated carbocycles. The first-order valence-electron chi connectivity index (χ1n) is 6.48. The van der Waals surface area contributed by atoms with E-state index in [0.717, 1.165) is 12.0 Å². The molecule has 4 nitrogen and oxygen atoms in total. The molecule has 0 atom stereocenters. The third-order valence-electron chi connectivity index (χ3n) is 3.85. The number of phenolic OH excluding ortho intramolecular Hbond substituents is 1. The zero-order valence-electron chi connectivity index (χ0n) is 11.9. The quantitative estimate of drug-likeness (QED) is 0.890. The summed E-state index contributed by atoms with van der Waals surface area (Å²) in [4.78, 5) is 0. The van der Waals surface area contributed by atoms with E-state index in [1.165, 1.54) is 5.56 Å². The SMILES string of the molecule is CCC(C)(C)c1ccc(O)c(-c2cc(N)n(C)n2)c1. The number of benzene rings is 1. The van der Waals surface area contributed by atoms with Gasteiger partial charge < -0.3 is 10.8 Å². The third-order valence-corrected chi connectivity index (χ3v) is 3.85. The van der Waals surface area contributed by atoms with Crippen molar-refractivity contribution in [3.8, 4) is 17.0 Å². The standard InChI is InChI=1S/C15H21N3O/c1-5-15(2,3)10-6-7-13(19)11(8-10)12-9-14(16)18(4)17-12/h6-9,19H,5,16H2,1-4H3. The summed E-state index contributed by atoms with van der Waals surface area (Å²) >= 11 is 0. The predicted molar refractivity (Wildman–Crippen MR) is 78.0 cm³/mol. The molecule has 0 saturated heterocycles. The second-order valence-corrected chi connectivity index (χ2v) is 5.55. The first-order chi connectivity index (χ1) is 8.85. The van der Waals surface area contributed by atoms with Gasteiger partial charge in [0.15, 0.2) is 0 Å². The van der Waals surface area contributed by atoms with Crippen LogP contribution in [0.4, 0.5) is 5.82 Å². The van der Waals surface area contributed by atoms with Gasteiger partial charge >= 0.3 is 0 Å². The maximum atomic E-state index is 10.0. The van der Waals surface area contributed by atoms with Gasteiger partial charge in [-0.05, 0) is 29.5 Å². The molecular weight excluding hydrogens is 238 g/mol. The van der Waals surface area contributed by atoms with Crippen molar-refractivity contribution in [2.45, 2.75) is 32.6 Å². The smallest absolute Gasteiger partial charge is 0.125 e. The van der Waals surface area contributed by atoms with Gasteiger partial charge in [-0.1, -0.05) is 26.8 Å². The fraction of sp³-hybridized carbons (Fsp3) is 0.400. The highest BCUT2D eigenvalue weighted by atomic mass is 16.3. The van der Waals surface area contributed by atoms with Crippen LogP contribution in [0.1, 0.15) is 32.8 Å². The lowest BCUT2D eigenvalue weighted by atomic mass is 9.81. The van der Waals surface area contributed by atoms with Gasteiger partial charge in [-0.15, -0.1) is 0 Å². The molecule has 4 heteroatoms. The number of rotatable bonds is 3. The first kappa shape index (κ1) is 13.5. The lowest BCUT2D eigenvalue weighted by molar-refractivity contribution is 0.473. The lowest BCUT2D eigenvalue weighted by Crippen LogP contribution is -2.15. The Morgan fingerprint density at radius 3 is 2.53 bits per heavy atom. The summed E-state index contributed by atoms with van der Waals surface area (Å²) in [5.74, 6) is 0.809. The van der Waals surface area contributed by atoms with Crippen molar-refractivity contribution in [3.05, 3.63) is 29.8 Å². The monoisotopic (exact) mass is 259 g/mol. The summed E-state index contributed by atoms with van der Waals surface area (Å²) in [5, 5.41) is 14.4. The van der Waals surface area contributed by atoms with Gasteiger partial charge in [-0.25, -0.2) is 0 Å². The van der Waals surface area contributed by atoms with Crippen LogP contribution in [0.2, 0.25) is 0 Å². The summed E-state index contributed by atoms with van der Waals surface area (Å²) in [6, 6.07) is 7.47. The minimum atomic E-state index is 0.0722. The summed E-state index contributed by atoms with van der Waals surface area (Å²) in [5.41, 5.74) is 8.48. The van der Waals surface area contributed by atoms with Crippen molar-refractivity contribution in [3.63, 3.8) is 0 Å². The van der Waals surface area contributed by atoms with Crippen molar-refractivity contribution in [2.75, 3.05) is 5.73 Å². The van der Waals surface area contributed by atoms with Gasteiger partial charge in [0.1, 0.15) is 11.6 Å². The molecule has 0 aliphatic heterocycles. The van der Waals surface area contributed by atoms with Crippen LogP contribution in [0, 0.1) is 0 Å². The number of nitrogen functional groups attached to an aromatic ring is 1. The molecular formula is C15H21N3O. The summed E-state index contributed by atoms with van der Waals surface area (Å²) in [6.07, 6.45) is 1.03. The van der Waals surface area contributed by atoms with E-state index in [1.54, 1.807) is 23.9 Å². The number of nitrogens with two attached hydrogens (primary N) is 1. The average Bonchev–Trinajstić information content (AvgIpc) is 2.69. The Balaban J connectivity index is 2.54. The second-order valence-electron chi connectivity index (χ2n) is 5.55. The van der Waals surface area contributed by atoms with Crippen LogP contribution in [0.3, 0.4) is 0 Å². The van der Waals surface area contributed by atoms with Crippen molar-refractivity contribution in [1.82, 2.24) is 9.78 Å². The average molecular weight is 259 g/mol. The van der Waals surface area contributed by atoms with E-state index in [1.807, 2.05) is 12.1 Å². The minimum Gasteiger partial charge on any atom is -0.507 e. The molecule has 0 bridgehead atoms. The predicted octanol–water partition coefficient (Wildman–Crippen LogP) is 3.06. The Labute approximate surface area is 113 Å². The summed E-state index contributed by atoms with van der Waals surface area (Å²) in [7, 11) is 1.79. The van der Waals surface area contributed by atoms with Crippen LogP contribution >= 0.6 is 0 Å². The van der Waals surface area contributed by atoms with Crippen molar-refractivity contribution < 1.29 is 5.11 Å². The van der Waals surface area contributed by atoms with E-state index >= 15 is 0 Å². The van der Waals surface area contributed by atoms with E-state index in [0.29, 0.717) is 11.5 Å². The van der Waals surface area contributed by atoms with Crippen molar-refractivity contribution in [1.29, 1.82) is 0 Å². The summed E-state index contributed by atoms with van der Waals surface area (Å²) in [6.45, 7) is 6.54. The molecule has 19 heavy (non-hydrogen) atoms. The van der Waals surface area contributed by atoms with E-state index in [-0.39, 0.29) is 11.2 Å². The Morgan fingerprint density at radius 2 is 2.00 bits per heavy atom. The zero-order chi connectivity index (χ0) is 14.2. The Kier molecular flexibility index (Phi) is 3.27. The van der Waals surface area contributed by atoms with Gasteiger partial charge in [0, 0.05) is 18.7 Å². The van der Waals surface area contributed by atoms with Crippen molar-refractivity contribution >= 4 is 5.82 Å². The van der Waals surface area contributed by atoms with Gasteiger partial charge in [-0.3, -0.25) is 4.68 Å². The van der Waals surface area contributed by atoms with Crippen LogP contribution in [0.5, 0.6) is 5.75 Å². The number of hydrogen-bond donors (Lipinski definition) is 2. The Morgan fingerprint density at radius 1 is 1.32 bits per heavy atom. The highest BCUT2D eigenvalue weighted by molar-refractivity contribution is 5.70. The molecule has 1 aromatic heterocycles. The van der Waals surface area contributed by atoms with Gasteiger partial charge in [0.05, 0.1) is 5.69 Å². The minimum absolute atomic E-state index is 0.0722. The third kappa shape index (κ3) is 2.43. The lowest BCUT2D eigenvalue weighted by Gasteiger charge is -2.24. The van der Waals surface area contributed by atoms with Crippen LogP contribution < -0.4 is 5.73 Å². The molecule has 0 radical (unpaired) electrons. The number of aromatic nitrogens is 2. The molecule has 102 valence electrons. The highest BCUT2D eigenvalue weighted by Crippen LogP contribution is 2.35. The maximum Gasteiger partial charge on any atom is 0.125 e. The van der Waals surface area contributed by atoms with E-state index in [2.05, 4.69) is 25.9 Å². The molecule has 0 amide bonds. The maximum absolute atomic E-state index is 10.0. The van der Waals surface area contributed by atoms with Crippen LogP contribution in [0.25, 0.3) is 11.3 Å². The van der Waals surface area contributed by atoms with Crippen LogP contribution in [-0.4, -0.2) is 14.9 Å². The van der Waals surface area contributed by atoms with E-state index in [9.17, 15) is 5.11 Å².